The van der Waals surface area contributed by atoms with E-state index in [9.17, 15) is 5.11 Å². The molecule has 1 atom stereocenters. The van der Waals surface area contributed by atoms with Crippen molar-refractivity contribution in [3.8, 4) is 0 Å². The van der Waals surface area contributed by atoms with Crippen LogP contribution in [-0.2, 0) is 0 Å². The molecule has 56 valence electrons. The van der Waals surface area contributed by atoms with Crippen LogP contribution in [0.4, 0.5) is 0 Å². The van der Waals surface area contributed by atoms with Gasteiger partial charge in [0.15, 0.2) is 0 Å². The van der Waals surface area contributed by atoms with E-state index in [0.29, 0.717) is 11.0 Å². The molecule has 0 bridgehead atoms. The summed E-state index contributed by atoms with van der Waals surface area (Å²) >= 11 is 1.79. The van der Waals surface area contributed by atoms with Gasteiger partial charge in [0.2, 0.25) is 0 Å². The number of hydrogen-bond donors (Lipinski definition) is 1. The summed E-state index contributed by atoms with van der Waals surface area (Å²) < 4.78 is 0. The second-order valence-electron chi connectivity index (χ2n) is 2.20. The van der Waals surface area contributed by atoms with E-state index in [2.05, 4.69) is 13.0 Å². The van der Waals surface area contributed by atoms with Gasteiger partial charge in [0.25, 0.3) is 0 Å². The third-order valence-electron chi connectivity index (χ3n) is 1.45. The molecule has 0 heterocycles. The van der Waals surface area contributed by atoms with Gasteiger partial charge in [-0.25, -0.2) is 0 Å². The van der Waals surface area contributed by atoms with Gasteiger partial charge in [0.05, 0.1) is 5.25 Å². The molecule has 10 heavy (non-hydrogen) atoms. The maximum absolute atomic E-state index is 9.29. The van der Waals surface area contributed by atoms with Gasteiger partial charge in [-0.1, -0.05) is 19.1 Å². The number of aliphatic hydroxyl groups excluding tert-OH is 1. The Morgan fingerprint density at radius 2 is 2.60 bits per heavy atom. The van der Waals surface area contributed by atoms with E-state index in [1.54, 1.807) is 17.8 Å². The lowest BCUT2D eigenvalue weighted by molar-refractivity contribution is 0.392. The van der Waals surface area contributed by atoms with Crippen molar-refractivity contribution in [3.63, 3.8) is 0 Å². The Balaban J connectivity index is 2.47. The highest BCUT2D eigenvalue weighted by Gasteiger charge is 2.12. The average Bonchev–Trinajstić information content (AvgIpc) is 1.94. The molecule has 0 radical (unpaired) electrons. The van der Waals surface area contributed by atoms with Crippen LogP contribution in [0.15, 0.2) is 24.0 Å². The summed E-state index contributed by atoms with van der Waals surface area (Å²) in [5.74, 6) is 1.59. The maximum atomic E-state index is 9.29. The predicted octanol–water partition coefficient (Wildman–Crippen LogP) is 2.51. The highest BCUT2D eigenvalue weighted by atomic mass is 32.2. The molecule has 0 spiro atoms. The summed E-state index contributed by atoms with van der Waals surface area (Å²) in [6, 6.07) is 0. The molecule has 1 unspecified atom stereocenters. The molecule has 0 aromatic rings. The number of thioether (sulfide) groups is 1. The first-order chi connectivity index (χ1) is 4.84. The highest BCUT2D eigenvalue weighted by molar-refractivity contribution is 8.00. The van der Waals surface area contributed by atoms with Crippen molar-refractivity contribution in [1.29, 1.82) is 0 Å². The van der Waals surface area contributed by atoms with Crippen LogP contribution in [-0.4, -0.2) is 16.1 Å². The molecule has 0 fully saturated rings. The predicted molar refractivity (Wildman–Crippen MR) is 46.4 cm³/mol. The summed E-state index contributed by atoms with van der Waals surface area (Å²) in [6.07, 6.45) is 6.74. The molecule has 0 amide bonds. The molecule has 0 aromatic heterocycles. The molecule has 2 heteroatoms. The van der Waals surface area contributed by atoms with E-state index < -0.39 is 0 Å². The molecule has 1 aliphatic rings. The standard InChI is InChI=1S/C8H12OS/c1-2-10-8-6-4-3-5-7(8)9/h3-5,8-9H,2,6H2,1H3. The van der Waals surface area contributed by atoms with E-state index in [4.69, 9.17) is 0 Å². The van der Waals surface area contributed by atoms with E-state index in [1.165, 1.54) is 0 Å². The zero-order valence-corrected chi connectivity index (χ0v) is 6.90. The lowest BCUT2D eigenvalue weighted by Gasteiger charge is -2.14. The zero-order chi connectivity index (χ0) is 7.40. The van der Waals surface area contributed by atoms with Crippen molar-refractivity contribution in [2.75, 3.05) is 5.75 Å². The van der Waals surface area contributed by atoms with E-state index in [1.807, 2.05) is 6.08 Å². The molecule has 1 rings (SSSR count). The molecular formula is C8H12OS. The van der Waals surface area contributed by atoms with E-state index in [-0.39, 0.29) is 0 Å². The summed E-state index contributed by atoms with van der Waals surface area (Å²) in [6.45, 7) is 2.11. The summed E-state index contributed by atoms with van der Waals surface area (Å²) in [5.41, 5.74) is 0. The van der Waals surface area contributed by atoms with Crippen LogP contribution in [0.2, 0.25) is 0 Å². The zero-order valence-electron chi connectivity index (χ0n) is 6.08. The lowest BCUT2D eigenvalue weighted by atomic mass is 10.1. The first kappa shape index (κ1) is 7.73. The number of allylic oxidation sites excluding steroid dienone is 3. The van der Waals surface area contributed by atoms with Crippen LogP contribution < -0.4 is 0 Å². The van der Waals surface area contributed by atoms with Gasteiger partial charge in [-0.15, -0.1) is 0 Å². The summed E-state index contributed by atoms with van der Waals surface area (Å²) in [5, 5.41) is 9.60. The van der Waals surface area contributed by atoms with Gasteiger partial charge in [0, 0.05) is 0 Å². The van der Waals surface area contributed by atoms with Gasteiger partial charge < -0.3 is 5.11 Å². The summed E-state index contributed by atoms with van der Waals surface area (Å²) in [7, 11) is 0. The Kier molecular flexibility index (Phi) is 2.87. The van der Waals surface area contributed by atoms with E-state index >= 15 is 0 Å². The monoisotopic (exact) mass is 156 g/mol. The second kappa shape index (κ2) is 3.71. The fourth-order valence-electron chi connectivity index (χ4n) is 0.951. The first-order valence-electron chi connectivity index (χ1n) is 3.52. The number of rotatable bonds is 2. The van der Waals surface area contributed by atoms with Crippen molar-refractivity contribution < 1.29 is 5.11 Å². The van der Waals surface area contributed by atoms with Crippen molar-refractivity contribution in [2.45, 2.75) is 18.6 Å². The summed E-state index contributed by atoms with van der Waals surface area (Å²) in [4.78, 5) is 0. The van der Waals surface area contributed by atoms with Crippen LogP contribution in [0.5, 0.6) is 0 Å². The fraction of sp³-hybridized carbons (Fsp3) is 0.500. The van der Waals surface area contributed by atoms with Gasteiger partial charge in [-0.05, 0) is 18.2 Å². The minimum Gasteiger partial charge on any atom is -0.511 e. The Morgan fingerprint density at radius 1 is 1.80 bits per heavy atom. The first-order valence-corrected chi connectivity index (χ1v) is 4.56. The molecule has 1 nitrogen and oxygen atoms in total. The molecule has 0 saturated heterocycles. The SMILES string of the molecule is CCSC1CC=CC=C1O. The third kappa shape index (κ3) is 1.81. The Hall–Kier alpha value is -0.370. The van der Waals surface area contributed by atoms with E-state index in [0.717, 1.165) is 12.2 Å². The maximum Gasteiger partial charge on any atom is 0.105 e. The van der Waals surface area contributed by atoms with Gasteiger partial charge in [0.1, 0.15) is 5.76 Å². The average molecular weight is 156 g/mol. The topological polar surface area (TPSA) is 20.2 Å². The molecule has 0 aromatic carbocycles. The number of hydrogen-bond acceptors (Lipinski definition) is 2. The molecular weight excluding hydrogens is 144 g/mol. The van der Waals surface area contributed by atoms with Crippen LogP contribution in [0, 0.1) is 0 Å². The van der Waals surface area contributed by atoms with Gasteiger partial charge >= 0.3 is 0 Å². The smallest absolute Gasteiger partial charge is 0.105 e. The van der Waals surface area contributed by atoms with Gasteiger partial charge in [-0.3, -0.25) is 0 Å². The van der Waals surface area contributed by atoms with Crippen LogP contribution >= 0.6 is 11.8 Å². The Labute approximate surface area is 65.8 Å². The largest absolute Gasteiger partial charge is 0.511 e. The third-order valence-corrected chi connectivity index (χ3v) is 2.62. The second-order valence-corrected chi connectivity index (χ2v) is 3.68. The molecule has 1 aliphatic carbocycles. The van der Waals surface area contributed by atoms with Crippen molar-refractivity contribution in [1.82, 2.24) is 0 Å². The van der Waals surface area contributed by atoms with Gasteiger partial charge in [-0.2, -0.15) is 11.8 Å². The van der Waals surface area contributed by atoms with Crippen LogP contribution in [0.1, 0.15) is 13.3 Å². The Bertz CT molecular complexity index is 161. The molecule has 0 aliphatic heterocycles. The van der Waals surface area contributed by atoms with Crippen molar-refractivity contribution in [2.24, 2.45) is 0 Å². The fourth-order valence-corrected chi connectivity index (χ4v) is 1.85. The van der Waals surface area contributed by atoms with Crippen molar-refractivity contribution in [3.05, 3.63) is 24.0 Å². The van der Waals surface area contributed by atoms with Crippen LogP contribution in [0.3, 0.4) is 0 Å². The minimum atomic E-state index is 0.315. The Morgan fingerprint density at radius 3 is 3.20 bits per heavy atom. The highest BCUT2D eigenvalue weighted by Crippen LogP contribution is 2.23. The van der Waals surface area contributed by atoms with Crippen molar-refractivity contribution >= 4 is 11.8 Å². The van der Waals surface area contributed by atoms with Crippen LogP contribution in [0.25, 0.3) is 0 Å². The lowest BCUT2D eigenvalue weighted by Crippen LogP contribution is -2.07. The molecule has 1 N–H and O–H groups in total. The number of aliphatic hydroxyl groups is 1. The normalized spacial score (nSPS) is 24.5. The minimum absolute atomic E-state index is 0.315. The molecule has 0 saturated carbocycles. The quantitative estimate of drug-likeness (QED) is 0.663.